The zero-order valence-corrected chi connectivity index (χ0v) is 11.7. The summed E-state index contributed by atoms with van der Waals surface area (Å²) < 4.78 is 35.4. The monoisotopic (exact) mass is 305 g/mol. The molecule has 2 aromatic rings. The number of nitrogens with two attached hydrogens (primary N) is 1. The Morgan fingerprint density at radius 1 is 1.19 bits per heavy atom. The maximum atomic E-state index is 13.2. The molecule has 0 aliphatic rings. The van der Waals surface area contributed by atoms with Gasteiger partial charge in [-0.25, -0.2) is 17.9 Å². The number of hydrogen-bond acceptors (Lipinski definition) is 4. The number of hydrogen-bond donors (Lipinski definition) is 2. The van der Waals surface area contributed by atoms with Crippen LogP contribution in [0, 0.1) is 17.1 Å². The highest BCUT2D eigenvalue weighted by molar-refractivity contribution is 7.89. The molecule has 0 bridgehead atoms. The molecule has 0 unspecified atom stereocenters. The van der Waals surface area contributed by atoms with Gasteiger partial charge in [0.05, 0.1) is 10.5 Å². The van der Waals surface area contributed by atoms with Crippen molar-refractivity contribution in [1.82, 2.24) is 0 Å². The summed E-state index contributed by atoms with van der Waals surface area (Å²) >= 11 is 0. The van der Waals surface area contributed by atoms with E-state index in [1.807, 2.05) is 0 Å². The topological polar surface area (TPSA) is 96.0 Å². The van der Waals surface area contributed by atoms with Crippen molar-refractivity contribution in [1.29, 1.82) is 5.26 Å². The number of primary sulfonamides is 1. The Hall–Kier alpha value is -2.43. The van der Waals surface area contributed by atoms with Crippen LogP contribution < -0.4 is 10.5 Å². The molecule has 21 heavy (non-hydrogen) atoms. The van der Waals surface area contributed by atoms with Crippen molar-refractivity contribution in [3.8, 4) is 6.07 Å². The van der Waals surface area contributed by atoms with Gasteiger partial charge in [-0.05, 0) is 42.0 Å². The zero-order valence-electron chi connectivity index (χ0n) is 10.9. The first-order valence-corrected chi connectivity index (χ1v) is 7.50. The lowest BCUT2D eigenvalue weighted by atomic mass is 10.1. The normalized spacial score (nSPS) is 10.9. The van der Waals surface area contributed by atoms with Crippen LogP contribution in [0.15, 0.2) is 47.4 Å². The van der Waals surface area contributed by atoms with Crippen LogP contribution in [0.2, 0.25) is 0 Å². The average Bonchev–Trinajstić information content (AvgIpc) is 2.46. The van der Waals surface area contributed by atoms with E-state index in [1.165, 1.54) is 24.3 Å². The minimum Gasteiger partial charge on any atom is -0.381 e. The number of nitrogens with zero attached hydrogens (tertiary/aromatic N) is 1. The molecule has 0 saturated heterocycles. The fraction of sp³-hybridized carbons (Fsp3) is 0.0714. The largest absolute Gasteiger partial charge is 0.381 e. The molecule has 7 heteroatoms. The number of nitrogens with one attached hydrogen (secondary N) is 1. The van der Waals surface area contributed by atoms with Crippen LogP contribution in [-0.2, 0) is 16.6 Å². The van der Waals surface area contributed by atoms with Crippen molar-refractivity contribution in [2.75, 3.05) is 5.32 Å². The molecule has 2 rings (SSSR count). The Morgan fingerprint density at radius 3 is 2.43 bits per heavy atom. The molecule has 3 N–H and O–H groups in total. The summed E-state index contributed by atoms with van der Waals surface area (Å²) in [6, 6.07) is 12.0. The second-order valence-electron chi connectivity index (χ2n) is 4.35. The summed E-state index contributed by atoms with van der Waals surface area (Å²) in [4.78, 5) is 0.0293. The average molecular weight is 305 g/mol. The Kier molecular flexibility index (Phi) is 4.21. The van der Waals surface area contributed by atoms with Gasteiger partial charge in [0.15, 0.2) is 0 Å². The van der Waals surface area contributed by atoms with Crippen LogP contribution in [0.1, 0.15) is 11.1 Å². The Morgan fingerprint density at radius 2 is 1.86 bits per heavy atom. The number of anilines is 1. The molecule has 0 aliphatic heterocycles. The van der Waals surface area contributed by atoms with Crippen molar-refractivity contribution < 1.29 is 12.8 Å². The first-order valence-electron chi connectivity index (χ1n) is 5.95. The number of sulfonamides is 1. The van der Waals surface area contributed by atoms with Crippen molar-refractivity contribution >= 4 is 15.7 Å². The summed E-state index contributed by atoms with van der Waals surface area (Å²) in [5.41, 5.74) is 1.41. The zero-order chi connectivity index (χ0) is 15.5. The SMILES string of the molecule is N#Cc1cc(CNc2ccc(S(N)(=O)=O)cc2)ccc1F. The molecule has 0 heterocycles. The van der Waals surface area contributed by atoms with Crippen molar-refractivity contribution in [2.24, 2.45) is 5.14 Å². The molecule has 0 aliphatic carbocycles. The van der Waals surface area contributed by atoms with Gasteiger partial charge in [-0.3, -0.25) is 0 Å². The fourth-order valence-electron chi connectivity index (χ4n) is 1.73. The second kappa shape index (κ2) is 5.91. The summed E-state index contributed by atoms with van der Waals surface area (Å²) in [7, 11) is -3.71. The minimum atomic E-state index is -3.71. The molecular formula is C14H12FN3O2S. The molecule has 108 valence electrons. The molecule has 0 radical (unpaired) electrons. The van der Waals surface area contributed by atoms with Gasteiger partial charge in [0.2, 0.25) is 10.0 Å². The summed E-state index contributed by atoms with van der Waals surface area (Å²) in [6.45, 7) is 0.379. The van der Waals surface area contributed by atoms with Gasteiger partial charge in [-0.2, -0.15) is 5.26 Å². The van der Waals surface area contributed by atoms with E-state index in [2.05, 4.69) is 5.32 Å². The number of benzene rings is 2. The van der Waals surface area contributed by atoms with E-state index in [0.29, 0.717) is 12.2 Å². The third-order valence-electron chi connectivity index (χ3n) is 2.83. The van der Waals surface area contributed by atoms with Gasteiger partial charge < -0.3 is 5.32 Å². The quantitative estimate of drug-likeness (QED) is 0.902. The molecule has 5 nitrogen and oxygen atoms in total. The summed E-state index contributed by atoms with van der Waals surface area (Å²) in [5, 5.41) is 16.8. The standard InChI is InChI=1S/C14H12FN3O2S/c15-14-6-1-10(7-11(14)8-16)9-18-12-2-4-13(5-3-12)21(17,19)20/h1-7,18H,9H2,(H2,17,19,20). The number of rotatable bonds is 4. The van der Waals surface area contributed by atoms with Crippen LogP contribution in [0.4, 0.5) is 10.1 Å². The highest BCUT2D eigenvalue weighted by atomic mass is 32.2. The lowest BCUT2D eigenvalue weighted by Crippen LogP contribution is -2.12. The van der Waals surface area contributed by atoms with Gasteiger partial charge in [0, 0.05) is 12.2 Å². The van der Waals surface area contributed by atoms with E-state index in [-0.39, 0.29) is 10.5 Å². The van der Waals surface area contributed by atoms with E-state index in [4.69, 9.17) is 10.4 Å². The van der Waals surface area contributed by atoms with Crippen molar-refractivity contribution in [3.63, 3.8) is 0 Å². The Balaban J connectivity index is 2.09. The smallest absolute Gasteiger partial charge is 0.238 e. The van der Waals surface area contributed by atoms with Crippen molar-refractivity contribution in [2.45, 2.75) is 11.4 Å². The van der Waals surface area contributed by atoms with Gasteiger partial charge in [-0.15, -0.1) is 0 Å². The molecule has 0 spiro atoms. The van der Waals surface area contributed by atoms with E-state index in [0.717, 1.165) is 5.56 Å². The highest BCUT2D eigenvalue weighted by Crippen LogP contribution is 2.15. The van der Waals surface area contributed by atoms with Crippen LogP contribution >= 0.6 is 0 Å². The van der Waals surface area contributed by atoms with Gasteiger partial charge in [0.25, 0.3) is 0 Å². The molecule has 0 amide bonds. The Labute approximate surface area is 121 Å². The van der Waals surface area contributed by atoms with E-state index in [1.54, 1.807) is 24.3 Å². The second-order valence-corrected chi connectivity index (χ2v) is 5.91. The van der Waals surface area contributed by atoms with Crippen LogP contribution in [0.5, 0.6) is 0 Å². The van der Waals surface area contributed by atoms with E-state index >= 15 is 0 Å². The number of halogens is 1. The maximum absolute atomic E-state index is 13.2. The molecule has 2 aromatic carbocycles. The predicted molar refractivity (Wildman–Crippen MR) is 76.3 cm³/mol. The maximum Gasteiger partial charge on any atom is 0.238 e. The van der Waals surface area contributed by atoms with Crippen LogP contribution in [-0.4, -0.2) is 8.42 Å². The minimum absolute atomic E-state index is 0.0149. The Bertz CT molecular complexity index is 796. The van der Waals surface area contributed by atoms with Crippen molar-refractivity contribution in [3.05, 3.63) is 59.4 Å². The van der Waals surface area contributed by atoms with Gasteiger partial charge >= 0.3 is 0 Å². The molecule has 0 saturated carbocycles. The highest BCUT2D eigenvalue weighted by Gasteiger charge is 2.07. The lowest BCUT2D eigenvalue weighted by Gasteiger charge is -2.08. The third kappa shape index (κ3) is 3.78. The molecular weight excluding hydrogens is 293 g/mol. The van der Waals surface area contributed by atoms with E-state index < -0.39 is 15.8 Å². The van der Waals surface area contributed by atoms with E-state index in [9.17, 15) is 12.8 Å². The lowest BCUT2D eigenvalue weighted by molar-refractivity contribution is 0.598. The first kappa shape index (κ1) is 15.0. The van der Waals surface area contributed by atoms with Crippen LogP contribution in [0.25, 0.3) is 0 Å². The molecule has 0 aromatic heterocycles. The third-order valence-corrected chi connectivity index (χ3v) is 3.76. The fourth-order valence-corrected chi connectivity index (χ4v) is 2.25. The predicted octanol–water partition coefficient (Wildman–Crippen LogP) is 1.96. The van der Waals surface area contributed by atoms with Gasteiger partial charge in [0.1, 0.15) is 11.9 Å². The summed E-state index contributed by atoms with van der Waals surface area (Å²) in [6.07, 6.45) is 0. The molecule has 0 atom stereocenters. The molecule has 0 fully saturated rings. The first-order chi connectivity index (χ1) is 9.90. The number of nitriles is 1. The van der Waals surface area contributed by atoms with Gasteiger partial charge in [-0.1, -0.05) is 6.07 Å². The summed E-state index contributed by atoms with van der Waals surface area (Å²) in [5.74, 6) is -0.557. The van der Waals surface area contributed by atoms with Crippen LogP contribution in [0.3, 0.4) is 0 Å².